The average molecular weight is 436 g/mol. The Morgan fingerprint density at radius 2 is 1.93 bits per heavy atom. The molecule has 2 atom stereocenters. The van der Waals surface area contributed by atoms with E-state index in [1.165, 1.54) is 19.2 Å². The van der Waals surface area contributed by atoms with Crippen molar-refractivity contribution in [3.63, 3.8) is 0 Å². The highest BCUT2D eigenvalue weighted by Crippen LogP contribution is 2.38. The number of nitrogens with zero attached hydrogens (tertiary/aromatic N) is 2. The molecule has 2 aromatic rings. The van der Waals surface area contributed by atoms with Crippen molar-refractivity contribution < 1.29 is 19.2 Å². The summed E-state index contributed by atoms with van der Waals surface area (Å²) in [6.07, 6.45) is 0. The Morgan fingerprint density at radius 3 is 2.50 bits per heavy atom. The van der Waals surface area contributed by atoms with Crippen LogP contribution in [-0.2, 0) is 0 Å². The molecule has 2 aromatic carbocycles. The van der Waals surface area contributed by atoms with Gasteiger partial charge >= 0.3 is 0 Å². The van der Waals surface area contributed by atoms with Crippen LogP contribution in [0.5, 0.6) is 11.5 Å². The first-order valence-electron chi connectivity index (χ1n) is 9.53. The van der Waals surface area contributed by atoms with Crippen molar-refractivity contribution in [2.45, 2.75) is 12.8 Å². The van der Waals surface area contributed by atoms with Gasteiger partial charge in [-0.05, 0) is 24.9 Å². The van der Waals surface area contributed by atoms with Gasteiger partial charge in [0.05, 0.1) is 24.7 Å². The van der Waals surface area contributed by atoms with E-state index >= 15 is 0 Å². The first kappa shape index (κ1) is 23.4. The smallest absolute Gasteiger partial charge is 0.286 e. The standard InChI is InChI=1S/C21H25N3O5.ClH/c1-3-29-20-9-16(18(24(26)27)10-19(20)28-2)21(25)23-12-15(11-22)17(13-23)14-7-5-4-6-8-14;/h4-10,15,17H,3,11-13,22H2,1-2H3;1H/t15-,17+;/m1./s1. The number of methoxy groups -OCH3 is 1. The predicted octanol–water partition coefficient (Wildman–Crippen LogP) is 3.24. The molecule has 1 amide bonds. The number of hydrogen-bond donors (Lipinski definition) is 1. The number of likely N-dealkylation sites (tertiary alicyclic amines) is 1. The summed E-state index contributed by atoms with van der Waals surface area (Å²) in [7, 11) is 1.40. The summed E-state index contributed by atoms with van der Waals surface area (Å²) < 4.78 is 10.7. The van der Waals surface area contributed by atoms with Gasteiger partial charge in [0.15, 0.2) is 11.5 Å². The Balaban J connectivity index is 0.00000320. The fraction of sp³-hybridized carbons (Fsp3) is 0.381. The van der Waals surface area contributed by atoms with E-state index in [9.17, 15) is 14.9 Å². The second-order valence-electron chi connectivity index (χ2n) is 6.93. The normalized spacial score (nSPS) is 17.9. The molecule has 0 unspecified atom stereocenters. The maximum Gasteiger partial charge on any atom is 0.286 e. The molecule has 0 bridgehead atoms. The molecule has 1 saturated heterocycles. The van der Waals surface area contributed by atoms with Gasteiger partial charge in [0, 0.05) is 25.1 Å². The molecule has 30 heavy (non-hydrogen) atoms. The van der Waals surface area contributed by atoms with Crippen LogP contribution in [0.1, 0.15) is 28.8 Å². The number of benzene rings is 2. The molecular formula is C21H26ClN3O5. The molecular weight excluding hydrogens is 410 g/mol. The maximum atomic E-state index is 13.3. The molecule has 1 aliphatic rings. The van der Waals surface area contributed by atoms with E-state index in [0.717, 1.165) is 5.56 Å². The van der Waals surface area contributed by atoms with E-state index in [0.29, 0.717) is 32.0 Å². The van der Waals surface area contributed by atoms with Crippen molar-refractivity contribution in [1.82, 2.24) is 4.90 Å². The number of hydrogen-bond acceptors (Lipinski definition) is 6. The van der Waals surface area contributed by atoms with Crippen molar-refractivity contribution in [2.24, 2.45) is 11.7 Å². The van der Waals surface area contributed by atoms with Gasteiger partial charge in [-0.3, -0.25) is 14.9 Å². The number of carbonyl (C=O) groups excluding carboxylic acids is 1. The average Bonchev–Trinajstić information content (AvgIpc) is 3.18. The summed E-state index contributed by atoms with van der Waals surface area (Å²) in [6, 6.07) is 12.5. The molecule has 1 fully saturated rings. The molecule has 0 radical (unpaired) electrons. The highest BCUT2D eigenvalue weighted by atomic mass is 35.5. The summed E-state index contributed by atoms with van der Waals surface area (Å²) >= 11 is 0. The van der Waals surface area contributed by atoms with E-state index in [-0.39, 0.29) is 41.2 Å². The lowest BCUT2D eigenvalue weighted by molar-refractivity contribution is -0.385. The Hall–Kier alpha value is -2.84. The molecule has 1 aliphatic heterocycles. The van der Waals surface area contributed by atoms with E-state index in [1.807, 2.05) is 30.3 Å². The first-order valence-corrected chi connectivity index (χ1v) is 9.53. The molecule has 0 spiro atoms. The van der Waals surface area contributed by atoms with Gasteiger partial charge < -0.3 is 20.1 Å². The van der Waals surface area contributed by atoms with Crippen molar-refractivity contribution in [3.05, 3.63) is 63.7 Å². The summed E-state index contributed by atoms with van der Waals surface area (Å²) in [4.78, 5) is 25.9. The lowest BCUT2D eigenvalue weighted by atomic mass is 9.89. The minimum absolute atomic E-state index is 0. The molecule has 1 heterocycles. The molecule has 0 aromatic heterocycles. The minimum Gasteiger partial charge on any atom is -0.493 e. The lowest BCUT2D eigenvalue weighted by Gasteiger charge is -2.18. The molecule has 2 N–H and O–H groups in total. The van der Waals surface area contributed by atoms with E-state index in [1.54, 1.807) is 11.8 Å². The minimum atomic E-state index is -0.573. The number of carbonyl (C=O) groups is 1. The van der Waals surface area contributed by atoms with E-state index < -0.39 is 10.8 Å². The summed E-state index contributed by atoms with van der Waals surface area (Å²) in [5, 5.41) is 11.6. The number of nitro benzene ring substituents is 1. The topological polar surface area (TPSA) is 108 Å². The summed E-state index contributed by atoms with van der Waals surface area (Å²) in [6.45, 7) is 3.47. The third-order valence-corrected chi connectivity index (χ3v) is 5.27. The summed E-state index contributed by atoms with van der Waals surface area (Å²) in [5.74, 6) is 0.299. The number of nitro groups is 1. The SMILES string of the molecule is CCOc1cc(C(=O)N2C[C@@H](CN)[C@H](c3ccccc3)C2)c([N+](=O)[O-])cc1OC.Cl. The number of halogens is 1. The maximum absolute atomic E-state index is 13.3. The Kier molecular flexibility index (Phi) is 8.02. The Morgan fingerprint density at radius 1 is 1.23 bits per heavy atom. The highest BCUT2D eigenvalue weighted by molar-refractivity contribution is 5.99. The van der Waals surface area contributed by atoms with Crippen LogP contribution in [0.25, 0.3) is 0 Å². The molecule has 9 heteroatoms. The molecule has 162 valence electrons. The van der Waals surface area contributed by atoms with Crippen LogP contribution >= 0.6 is 12.4 Å². The third-order valence-electron chi connectivity index (χ3n) is 5.27. The van der Waals surface area contributed by atoms with E-state index in [4.69, 9.17) is 15.2 Å². The highest BCUT2D eigenvalue weighted by Gasteiger charge is 2.38. The monoisotopic (exact) mass is 435 g/mol. The van der Waals surface area contributed by atoms with Gasteiger partial charge in [0.25, 0.3) is 11.6 Å². The number of amides is 1. The van der Waals surface area contributed by atoms with Crippen LogP contribution in [0.4, 0.5) is 5.69 Å². The first-order chi connectivity index (χ1) is 14.0. The van der Waals surface area contributed by atoms with E-state index in [2.05, 4.69) is 0 Å². The van der Waals surface area contributed by atoms with Crippen LogP contribution in [-0.4, -0.2) is 49.1 Å². The fourth-order valence-corrected chi connectivity index (χ4v) is 3.82. The van der Waals surface area contributed by atoms with Crippen LogP contribution < -0.4 is 15.2 Å². The van der Waals surface area contributed by atoms with Crippen molar-refractivity contribution in [3.8, 4) is 11.5 Å². The molecule has 0 saturated carbocycles. The third kappa shape index (κ3) is 4.66. The summed E-state index contributed by atoms with van der Waals surface area (Å²) in [5.41, 5.74) is 6.75. The van der Waals surface area contributed by atoms with Gasteiger partial charge in [0.2, 0.25) is 0 Å². The van der Waals surface area contributed by atoms with Gasteiger partial charge in [-0.15, -0.1) is 12.4 Å². The number of nitrogens with two attached hydrogens (primary N) is 1. The zero-order chi connectivity index (χ0) is 21.0. The quantitative estimate of drug-likeness (QED) is 0.528. The fourth-order valence-electron chi connectivity index (χ4n) is 3.82. The molecule has 8 nitrogen and oxygen atoms in total. The Bertz CT molecular complexity index is 894. The van der Waals surface area contributed by atoms with Crippen molar-refractivity contribution in [1.29, 1.82) is 0 Å². The van der Waals surface area contributed by atoms with Gasteiger partial charge in [-0.2, -0.15) is 0 Å². The zero-order valence-electron chi connectivity index (χ0n) is 16.9. The van der Waals surface area contributed by atoms with Crippen molar-refractivity contribution in [2.75, 3.05) is 33.4 Å². The molecule has 0 aliphatic carbocycles. The lowest BCUT2D eigenvalue weighted by Crippen LogP contribution is -2.30. The Labute approximate surface area is 181 Å². The zero-order valence-corrected chi connectivity index (χ0v) is 17.8. The second-order valence-corrected chi connectivity index (χ2v) is 6.93. The number of ether oxygens (including phenoxy) is 2. The van der Waals surface area contributed by atoms with Gasteiger partial charge in [-0.1, -0.05) is 30.3 Å². The van der Waals surface area contributed by atoms with Gasteiger partial charge in [0.1, 0.15) is 5.56 Å². The van der Waals surface area contributed by atoms with Crippen LogP contribution in [0.3, 0.4) is 0 Å². The predicted molar refractivity (Wildman–Crippen MR) is 116 cm³/mol. The van der Waals surface area contributed by atoms with Crippen LogP contribution in [0.2, 0.25) is 0 Å². The second kappa shape index (κ2) is 10.3. The number of rotatable bonds is 7. The molecule has 3 rings (SSSR count). The largest absolute Gasteiger partial charge is 0.493 e. The van der Waals surface area contributed by atoms with Crippen LogP contribution in [0, 0.1) is 16.0 Å². The van der Waals surface area contributed by atoms with Crippen molar-refractivity contribution >= 4 is 24.0 Å². The van der Waals surface area contributed by atoms with Crippen LogP contribution in [0.15, 0.2) is 42.5 Å². The van der Waals surface area contributed by atoms with Gasteiger partial charge in [-0.25, -0.2) is 0 Å².